The Labute approximate surface area is 182 Å². The quantitative estimate of drug-likeness (QED) is 0.556. The number of alkyl halides is 3. The van der Waals surface area contributed by atoms with Crippen LogP contribution in [0.2, 0.25) is 0 Å². The molecule has 0 atom stereocenters. The van der Waals surface area contributed by atoms with Crippen molar-refractivity contribution in [3.05, 3.63) is 77.2 Å². The molecule has 32 heavy (non-hydrogen) atoms. The Balaban J connectivity index is 1.49. The number of hydrogen-bond donors (Lipinski definition) is 0. The third-order valence-electron chi connectivity index (χ3n) is 5.31. The van der Waals surface area contributed by atoms with Crippen molar-refractivity contribution in [1.29, 1.82) is 0 Å². The van der Waals surface area contributed by atoms with Crippen LogP contribution in [-0.4, -0.2) is 47.0 Å². The molecule has 1 saturated heterocycles. The maximum absolute atomic E-state index is 13.9. The van der Waals surface area contributed by atoms with E-state index < -0.39 is 17.6 Å². The Kier molecular flexibility index (Phi) is 5.82. The summed E-state index contributed by atoms with van der Waals surface area (Å²) in [5, 5.41) is 0. The molecule has 0 N–H and O–H groups in total. The van der Waals surface area contributed by atoms with Crippen molar-refractivity contribution in [2.75, 3.05) is 31.1 Å². The van der Waals surface area contributed by atoms with Gasteiger partial charge in [-0.3, -0.25) is 4.79 Å². The molecule has 0 radical (unpaired) electrons. The van der Waals surface area contributed by atoms with E-state index in [1.807, 2.05) is 4.90 Å². The van der Waals surface area contributed by atoms with E-state index in [9.17, 15) is 22.4 Å². The summed E-state index contributed by atoms with van der Waals surface area (Å²) in [4.78, 5) is 25.1. The number of carbonyl (C=O) groups is 1. The van der Waals surface area contributed by atoms with Crippen molar-refractivity contribution < 1.29 is 22.4 Å². The van der Waals surface area contributed by atoms with Crippen molar-refractivity contribution >= 4 is 11.7 Å². The molecule has 0 spiro atoms. The molecule has 2 heterocycles. The smallest absolute Gasteiger partial charge is 0.353 e. The number of aryl methyl sites for hydroxylation is 1. The molecule has 1 aromatic heterocycles. The molecular weight excluding hydrogens is 424 g/mol. The van der Waals surface area contributed by atoms with Crippen molar-refractivity contribution in [2.45, 2.75) is 13.1 Å². The molecule has 166 valence electrons. The molecule has 1 amide bonds. The lowest BCUT2D eigenvalue weighted by Gasteiger charge is -2.35. The van der Waals surface area contributed by atoms with Crippen LogP contribution in [-0.2, 0) is 6.18 Å². The summed E-state index contributed by atoms with van der Waals surface area (Å²) in [6.07, 6.45) is -4.41. The fourth-order valence-electron chi connectivity index (χ4n) is 3.59. The minimum Gasteiger partial charge on any atom is -0.353 e. The van der Waals surface area contributed by atoms with E-state index in [0.717, 1.165) is 12.1 Å². The van der Waals surface area contributed by atoms with Crippen LogP contribution in [0.25, 0.3) is 11.4 Å². The van der Waals surface area contributed by atoms with Gasteiger partial charge in [0, 0.05) is 43.5 Å². The molecule has 0 aliphatic carbocycles. The highest BCUT2D eigenvalue weighted by Gasteiger charge is 2.30. The lowest BCUT2D eigenvalue weighted by atomic mass is 10.1. The lowest BCUT2D eigenvalue weighted by Crippen LogP contribution is -2.49. The zero-order valence-electron chi connectivity index (χ0n) is 17.2. The molecule has 2 aromatic carbocycles. The van der Waals surface area contributed by atoms with Gasteiger partial charge in [0.05, 0.1) is 11.1 Å². The Morgan fingerprint density at radius 1 is 0.938 bits per heavy atom. The molecule has 9 heteroatoms. The van der Waals surface area contributed by atoms with E-state index in [1.165, 1.54) is 30.3 Å². The van der Waals surface area contributed by atoms with E-state index >= 15 is 0 Å². The number of hydrogen-bond acceptors (Lipinski definition) is 4. The lowest BCUT2D eigenvalue weighted by molar-refractivity contribution is -0.137. The first kappa shape index (κ1) is 21.7. The van der Waals surface area contributed by atoms with Crippen molar-refractivity contribution in [1.82, 2.24) is 14.9 Å². The van der Waals surface area contributed by atoms with E-state index in [0.29, 0.717) is 49.1 Å². The Bertz CT molecular complexity index is 1120. The fourth-order valence-corrected chi connectivity index (χ4v) is 3.59. The average molecular weight is 444 g/mol. The molecule has 0 bridgehead atoms. The molecule has 1 aliphatic heterocycles. The van der Waals surface area contributed by atoms with Gasteiger partial charge in [-0.1, -0.05) is 24.3 Å². The normalized spacial score (nSPS) is 14.5. The molecule has 1 fully saturated rings. The molecule has 0 saturated carbocycles. The second-order valence-electron chi connectivity index (χ2n) is 7.53. The maximum atomic E-state index is 13.9. The summed E-state index contributed by atoms with van der Waals surface area (Å²) in [7, 11) is 0. The number of aromatic nitrogens is 2. The van der Waals surface area contributed by atoms with Gasteiger partial charge in [0.15, 0.2) is 5.82 Å². The Morgan fingerprint density at radius 2 is 1.59 bits per heavy atom. The molecule has 5 nitrogen and oxygen atoms in total. The molecule has 3 aromatic rings. The SMILES string of the molecule is Cc1cc(N2CCN(C(=O)c3ccccc3F)CC2)nc(-c2ccc(C(F)(F)F)cc2)n1. The minimum atomic E-state index is -4.41. The number of benzene rings is 2. The summed E-state index contributed by atoms with van der Waals surface area (Å²) >= 11 is 0. The van der Waals surface area contributed by atoms with Gasteiger partial charge < -0.3 is 9.80 Å². The number of amides is 1. The van der Waals surface area contributed by atoms with E-state index in [-0.39, 0.29) is 11.5 Å². The first-order chi connectivity index (χ1) is 15.2. The van der Waals surface area contributed by atoms with Gasteiger partial charge in [0.1, 0.15) is 11.6 Å². The molecule has 1 aliphatic rings. The fraction of sp³-hybridized carbons (Fsp3) is 0.261. The van der Waals surface area contributed by atoms with Crippen LogP contribution >= 0.6 is 0 Å². The number of carbonyl (C=O) groups excluding carboxylic acids is 1. The van der Waals surface area contributed by atoms with E-state index in [2.05, 4.69) is 9.97 Å². The number of piperazine rings is 1. The van der Waals surface area contributed by atoms with Crippen molar-refractivity contribution in [2.24, 2.45) is 0 Å². The summed E-state index contributed by atoms with van der Waals surface area (Å²) in [6.45, 7) is 3.56. The monoisotopic (exact) mass is 444 g/mol. The third-order valence-corrected chi connectivity index (χ3v) is 5.31. The first-order valence-electron chi connectivity index (χ1n) is 10.0. The van der Waals surface area contributed by atoms with E-state index in [4.69, 9.17) is 0 Å². The average Bonchev–Trinajstić information content (AvgIpc) is 2.78. The van der Waals surface area contributed by atoms with Crippen LogP contribution in [0.4, 0.5) is 23.4 Å². The van der Waals surface area contributed by atoms with E-state index in [1.54, 1.807) is 24.0 Å². The zero-order valence-corrected chi connectivity index (χ0v) is 17.2. The summed E-state index contributed by atoms with van der Waals surface area (Å²) < 4.78 is 52.4. The first-order valence-corrected chi connectivity index (χ1v) is 10.0. The number of anilines is 1. The molecule has 0 unspecified atom stereocenters. The molecule has 4 rings (SSSR count). The number of halogens is 4. The minimum absolute atomic E-state index is 0.0448. The predicted molar refractivity (Wildman–Crippen MR) is 112 cm³/mol. The predicted octanol–water partition coefficient (Wildman–Crippen LogP) is 4.57. The summed E-state index contributed by atoms with van der Waals surface area (Å²) in [6, 6.07) is 12.4. The standard InChI is InChI=1S/C23H20F4N4O/c1-15-14-20(29-21(28-15)16-6-8-17(9-7-16)23(25,26)27)30-10-12-31(13-11-30)22(32)18-4-2-3-5-19(18)24/h2-9,14H,10-13H2,1H3. The maximum Gasteiger partial charge on any atom is 0.416 e. The highest BCUT2D eigenvalue weighted by atomic mass is 19.4. The Morgan fingerprint density at radius 3 is 2.22 bits per heavy atom. The highest BCUT2D eigenvalue weighted by molar-refractivity contribution is 5.94. The van der Waals surface area contributed by atoms with Crippen molar-refractivity contribution in [3.63, 3.8) is 0 Å². The second-order valence-corrected chi connectivity index (χ2v) is 7.53. The van der Waals surface area contributed by atoms with Gasteiger partial charge in [-0.2, -0.15) is 13.2 Å². The van der Waals surface area contributed by atoms with Crippen LogP contribution < -0.4 is 4.90 Å². The van der Waals surface area contributed by atoms with Crippen LogP contribution in [0, 0.1) is 12.7 Å². The second kappa shape index (κ2) is 8.57. The van der Waals surface area contributed by atoms with Crippen LogP contribution in [0.15, 0.2) is 54.6 Å². The van der Waals surface area contributed by atoms with Crippen LogP contribution in [0.3, 0.4) is 0 Å². The van der Waals surface area contributed by atoms with Crippen molar-refractivity contribution in [3.8, 4) is 11.4 Å². The summed E-state index contributed by atoms with van der Waals surface area (Å²) in [5.41, 5.74) is 0.472. The number of rotatable bonds is 3. The van der Waals surface area contributed by atoms with Gasteiger partial charge in [-0.05, 0) is 31.2 Å². The topological polar surface area (TPSA) is 49.3 Å². The largest absolute Gasteiger partial charge is 0.416 e. The van der Waals surface area contributed by atoms with Gasteiger partial charge in [-0.25, -0.2) is 14.4 Å². The van der Waals surface area contributed by atoms with Crippen LogP contribution in [0.5, 0.6) is 0 Å². The highest BCUT2D eigenvalue weighted by Crippen LogP contribution is 2.31. The van der Waals surface area contributed by atoms with Gasteiger partial charge in [0.25, 0.3) is 5.91 Å². The van der Waals surface area contributed by atoms with Gasteiger partial charge in [0.2, 0.25) is 0 Å². The Hall–Kier alpha value is -3.49. The summed E-state index contributed by atoms with van der Waals surface area (Å²) in [5.74, 6) is 0.0589. The zero-order chi connectivity index (χ0) is 22.9. The van der Waals surface area contributed by atoms with Gasteiger partial charge in [-0.15, -0.1) is 0 Å². The third kappa shape index (κ3) is 4.56. The molecular formula is C23H20F4N4O. The number of nitrogens with zero attached hydrogens (tertiary/aromatic N) is 4. The van der Waals surface area contributed by atoms with Gasteiger partial charge >= 0.3 is 6.18 Å². The van der Waals surface area contributed by atoms with Crippen LogP contribution in [0.1, 0.15) is 21.6 Å².